The van der Waals surface area contributed by atoms with E-state index in [0.29, 0.717) is 36.9 Å². The number of hydrogen-bond donors (Lipinski definition) is 5. The molecule has 2 aromatic carbocycles. The number of anilines is 3. The Labute approximate surface area is 229 Å². The molecule has 1 heterocycles. The Bertz CT molecular complexity index is 1230. The van der Waals surface area contributed by atoms with Gasteiger partial charge in [-0.2, -0.15) is 15.0 Å². The normalized spacial score (nSPS) is 17.6. The molecule has 1 fully saturated rings. The van der Waals surface area contributed by atoms with E-state index < -0.39 is 5.97 Å². The Morgan fingerprint density at radius 3 is 2.21 bits per heavy atom. The van der Waals surface area contributed by atoms with Crippen LogP contribution in [-0.4, -0.2) is 51.6 Å². The highest BCUT2D eigenvalue weighted by molar-refractivity contribution is 5.78. The number of carbonyl (C=O) groups is 2. The Morgan fingerprint density at radius 2 is 1.54 bits per heavy atom. The summed E-state index contributed by atoms with van der Waals surface area (Å²) in [5.74, 6) is 0.996. The van der Waals surface area contributed by atoms with Gasteiger partial charge >= 0.3 is 5.97 Å². The Morgan fingerprint density at radius 1 is 0.897 bits per heavy atom. The van der Waals surface area contributed by atoms with Crippen molar-refractivity contribution in [3.8, 4) is 0 Å². The molecular formula is C29H37N7O3. The minimum Gasteiger partial charge on any atom is -0.481 e. The zero-order valence-electron chi connectivity index (χ0n) is 22.5. The van der Waals surface area contributed by atoms with Gasteiger partial charge in [-0.15, -0.1) is 0 Å². The van der Waals surface area contributed by atoms with E-state index in [1.807, 2.05) is 30.3 Å². The highest BCUT2D eigenvalue weighted by atomic mass is 16.4. The van der Waals surface area contributed by atoms with Crippen LogP contribution >= 0.6 is 0 Å². The van der Waals surface area contributed by atoms with E-state index in [4.69, 9.17) is 5.11 Å². The summed E-state index contributed by atoms with van der Waals surface area (Å²) in [7, 11) is 1.78. The second-order valence-corrected chi connectivity index (χ2v) is 10.0. The minimum absolute atomic E-state index is 0.00396. The Hall–Kier alpha value is -4.21. The van der Waals surface area contributed by atoms with Crippen LogP contribution in [-0.2, 0) is 22.6 Å². The van der Waals surface area contributed by atoms with E-state index in [2.05, 4.69) is 55.3 Å². The van der Waals surface area contributed by atoms with Crippen molar-refractivity contribution in [2.45, 2.75) is 57.5 Å². The molecule has 1 atom stereocenters. The van der Waals surface area contributed by atoms with Crippen molar-refractivity contribution in [1.82, 2.24) is 20.3 Å². The van der Waals surface area contributed by atoms with Gasteiger partial charge in [0.05, 0.1) is 6.42 Å². The molecule has 1 aromatic heterocycles. The molecule has 4 rings (SSSR count). The maximum absolute atomic E-state index is 12.7. The van der Waals surface area contributed by atoms with Crippen LogP contribution in [0.15, 0.2) is 54.6 Å². The van der Waals surface area contributed by atoms with Crippen molar-refractivity contribution in [3.05, 3.63) is 71.3 Å². The Balaban J connectivity index is 1.24. The fourth-order valence-corrected chi connectivity index (χ4v) is 4.74. The van der Waals surface area contributed by atoms with Crippen LogP contribution in [0.1, 0.15) is 55.2 Å². The number of rotatable bonds is 12. The maximum Gasteiger partial charge on any atom is 0.307 e. The number of benzene rings is 2. The summed E-state index contributed by atoms with van der Waals surface area (Å²) in [5, 5.41) is 21.7. The largest absolute Gasteiger partial charge is 0.481 e. The molecule has 10 nitrogen and oxygen atoms in total. The molecule has 206 valence electrons. The van der Waals surface area contributed by atoms with E-state index in [1.54, 1.807) is 19.2 Å². The standard InChI is InChI=1S/C29H37N7O3/c1-19(22-6-4-3-5-7-22)17-32-28-34-27(30-2)35-29(36-28)33-24-14-12-23(13-15-24)26(39)31-18-21-10-8-20(9-11-21)16-25(37)38/h3-11,19,23-24H,12-18H2,1-2H3,(H,31,39)(H,37,38)(H3,30,32,33,34,35,36)/t19-,23-,24+/m0/s1. The van der Waals surface area contributed by atoms with Crippen LogP contribution in [0.3, 0.4) is 0 Å². The molecule has 0 unspecified atom stereocenters. The first-order chi connectivity index (χ1) is 18.9. The van der Waals surface area contributed by atoms with Crippen LogP contribution in [0.4, 0.5) is 17.8 Å². The molecule has 3 aromatic rings. The number of nitrogens with zero attached hydrogens (tertiary/aromatic N) is 3. The average Bonchev–Trinajstić information content (AvgIpc) is 2.95. The molecule has 0 bridgehead atoms. The molecule has 10 heteroatoms. The predicted octanol–water partition coefficient (Wildman–Crippen LogP) is 4.04. The van der Waals surface area contributed by atoms with Crippen molar-refractivity contribution in [3.63, 3.8) is 0 Å². The third-order valence-electron chi connectivity index (χ3n) is 7.07. The third kappa shape index (κ3) is 8.39. The molecule has 1 amide bonds. The van der Waals surface area contributed by atoms with Crippen LogP contribution in [0.5, 0.6) is 0 Å². The molecule has 1 aliphatic rings. The number of nitrogens with one attached hydrogen (secondary N) is 4. The Kier molecular flexibility index (Phi) is 9.66. The maximum atomic E-state index is 12.7. The first kappa shape index (κ1) is 27.8. The van der Waals surface area contributed by atoms with Crippen molar-refractivity contribution < 1.29 is 14.7 Å². The van der Waals surface area contributed by atoms with E-state index in [1.165, 1.54) is 5.56 Å². The summed E-state index contributed by atoms with van der Waals surface area (Å²) in [6.07, 6.45) is 3.25. The summed E-state index contributed by atoms with van der Waals surface area (Å²) >= 11 is 0. The smallest absolute Gasteiger partial charge is 0.307 e. The fourth-order valence-electron chi connectivity index (χ4n) is 4.74. The van der Waals surface area contributed by atoms with Gasteiger partial charge in [-0.3, -0.25) is 9.59 Å². The monoisotopic (exact) mass is 531 g/mol. The van der Waals surface area contributed by atoms with Crippen LogP contribution in [0, 0.1) is 5.92 Å². The number of aromatic nitrogens is 3. The van der Waals surface area contributed by atoms with Gasteiger partial charge in [-0.1, -0.05) is 61.5 Å². The van der Waals surface area contributed by atoms with Gasteiger partial charge in [0, 0.05) is 32.1 Å². The third-order valence-corrected chi connectivity index (χ3v) is 7.07. The van der Waals surface area contributed by atoms with Gasteiger partial charge < -0.3 is 26.4 Å². The summed E-state index contributed by atoms with van der Waals surface area (Å²) in [5.41, 5.74) is 2.94. The molecule has 5 N–H and O–H groups in total. The number of amides is 1. The second kappa shape index (κ2) is 13.5. The number of carboxylic acid groups (broad SMARTS) is 1. The van der Waals surface area contributed by atoms with Crippen molar-refractivity contribution in [2.24, 2.45) is 5.92 Å². The average molecular weight is 532 g/mol. The first-order valence-electron chi connectivity index (χ1n) is 13.5. The highest BCUT2D eigenvalue weighted by Crippen LogP contribution is 2.27. The topological polar surface area (TPSA) is 141 Å². The summed E-state index contributed by atoms with van der Waals surface area (Å²) in [6.45, 7) is 3.29. The molecule has 1 saturated carbocycles. The van der Waals surface area contributed by atoms with Crippen LogP contribution in [0.2, 0.25) is 0 Å². The van der Waals surface area contributed by atoms with E-state index >= 15 is 0 Å². The lowest BCUT2D eigenvalue weighted by Crippen LogP contribution is -2.36. The molecule has 0 aliphatic heterocycles. The number of carboxylic acids is 1. The summed E-state index contributed by atoms with van der Waals surface area (Å²) in [6, 6.07) is 17.8. The molecule has 1 aliphatic carbocycles. The number of hydrogen-bond acceptors (Lipinski definition) is 8. The predicted molar refractivity (Wildman–Crippen MR) is 152 cm³/mol. The lowest BCUT2D eigenvalue weighted by molar-refractivity contribution is -0.136. The van der Waals surface area contributed by atoms with E-state index in [9.17, 15) is 9.59 Å². The quantitative estimate of drug-likeness (QED) is 0.234. The summed E-state index contributed by atoms with van der Waals surface area (Å²) < 4.78 is 0. The van der Waals surface area contributed by atoms with Gasteiger partial charge in [0.15, 0.2) is 0 Å². The first-order valence-corrected chi connectivity index (χ1v) is 13.5. The van der Waals surface area contributed by atoms with Gasteiger partial charge in [0.25, 0.3) is 0 Å². The highest BCUT2D eigenvalue weighted by Gasteiger charge is 2.26. The molecule has 0 spiro atoms. The van der Waals surface area contributed by atoms with Crippen molar-refractivity contribution in [2.75, 3.05) is 29.5 Å². The SMILES string of the molecule is CNc1nc(NC[C@H](C)c2ccccc2)nc(N[C@H]2CC[C@@H](C(=O)NCc3ccc(CC(=O)O)cc3)CC2)n1. The number of carbonyl (C=O) groups excluding carboxylic acids is 1. The minimum atomic E-state index is -0.857. The molecule has 0 saturated heterocycles. The lowest BCUT2D eigenvalue weighted by Gasteiger charge is -2.28. The molecular weight excluding hydrogens is 494 g/mol. The number of aliphatic carboxylic acids is 1. The molecule has 0 radical (unpaired) electrons. The summed E-state index contributed by atoms with van der Waals surface area (Å²) in [4.78, 5) is 37.1. The van der Waals surface area contributed by atoms with Crippen LogP contribution < -0.4 is 21.3 Å². The van der Waals surface area contributed by atoms with E-state index in [0.717, 1.165) is 36.8 Å². The lowest BCUT2D eigenvalue weighted by atomic mass is 9.85. The van der Waals surface area contributed by atoms with Crippen molar-refractivity contribution in [1.29, 1.82) is 0 Å². The van der Waals surface area contributed by atoms with Gasteiger partial charge in [-0.25, -0.2) is 0 Å². The second-order valence-electron chi connectivity index (χ2n) is 10.0. The van der Waals surface area contributed by atoms with Gasteiger partial charge in [-0.05, 0) is 48.3 Å². The van der Waals surface area contributed by atoms with Crippen LogP contribution in [0.25, 0.3) is 0 Å². The van der Waals surface area contributed by atoms with E-state index in [-0.39, 0.29) is 24.3 Å². The van der Waals surface area contributed by atoms with Crippen molar-refractivity contribution >= 4 is 29.7 Å². The fraction of sp³-hybridized carbons (Fsp3) is 0.414. The zero-order valence-corrected chi connectivity index (χ0v) is 22.5. The van der Waals surface area contributed by atoms with Gasteiger partial charge in [0.2, 0.25) is 23.8 Å². The van der Waals surface area contributed by atoms with Gasteiger partial charge in [0.1, 0.15) is 0 Å². The zero-order chi connectivity index (χ0) is 27.6. The molecule has 39 heavy (non-hydrogen) atoms.